The predicted octanol–water partition coefficient (Wildman–Crippen LogP) is 2.06. The van der Waals surface area contributed by atoms with Crippen molar-refractivity contribution in [3.63, 3.8) is 0 Å². The van der Waals surface area contributed by atoms with Crippen LogP contribution in [0.4, 0.5) is 5.69 Å². The van der Waals surface area contributed by atoms with Gasteiger partial charge < -0.3 is 9.47 Å². The molecule has 1 aromatic rings. The Morgan fingerprint density at radius 1 is 1.41 bits per heavy atom. The summed E-state index contributed by atoms with van der Waals surface area (Å²) in [5, 5.41) is 0. The van der Waals surface area contributed by atoms with Gasteiger partial charge in [0.05, 0.1) is 0 Å². The zero-order chi connectivity index (χ0) is 12.5. The fraction of sp³-hybridized carbons (Fsp3) is 0.385. The fourth-order valence-electron chi connectivity index (χ4n) is 1.88. The summed E-state index contributed by atoms with van der Waals surface area (Å²) in [6.07, 6.45) is 1.60. The Balaban J connectivity index is 2.22. The Kier molecular flexibility index (Phi) is 2.88. The molecular weight excluding hydrogens is 218 g/mol. The minimum Gasteiger partial charge on any atom is -0.416 e. The third-order valence-electron chi connectivity index (χ3n) is 2.98. The normalized spacial score (nSPS) is 27.2. The summed E-state index contributed by atoms with van der Waals surface area (Å²) in [6, 6.07) is 9.76. The average Bonchev–Trinajstić information content (AvgIpc) is 2.56. The van der Waals surface area contributed by atoms with Crippen molar-refractivity contribution in [3.8, 4) is 0 Å². The first-order valence-electron chi connectivity index (χ1n) is 5.57. The molecule has 90 valence electrons. The van der Waals surface area contributed by atoms with Crippen LogP contribution < -0.4 is 0 Å². The number of para-hydroxylation sites is 1. The monoisotopic (exact) mass is 234 g/mol. The van der Waals surface area contributed by atoms with Gasteiger partial charge in [0.15, 0.2) is 0 Å². The molecule has 2 unspecified atom stereocenters. The van der Waals surface area contributed by atoms with Crippen molar-refractivity contribution in [3.05, 3.63) is 30.3 Å². The van der Waals surface area contributed by atoms with Gasteiger partial charge >= 0.3 is 18.2 Å². The Morgan fingerprint density at radius 3 is 2.65 bits per heavy atom. The van der Waals surface area contributed by atoms with Crippen molar-refractivity contribution in [1.29, 1.82) is 0 Å². The standard InChI is InChI=1S/C13H16NO3/c1-10-13(3,17-11(2)15)16-9-14(10)12-7-5-4-6-8-12/h4-10H,1-3H3/q+1. The number of hydrogen-bond acceptors (Lipinski definition) is 3. The Labute approximate surface area is 100 Å². The highest BCUT2D eigenvalue weighted by molar-refractivity contribution is 5.66. The molecule has 2 atom stereocenters. The predicted molar refractivity (Wildman–Crippen MR) is 63.1 cm³/mol. The molecule has 1 aliphatic rings. The third kappa shape index (κ3) is 2.16. The molecule has 0 bridgehead atoms. The van der Waals surface area contributed by atoms with Crippen molar-refractivity contribution in [2.45, 2.75) is 32.6 Å². The number of carbonyl (C=O) groups is 1. The van der Waals surface area contributed by atoms with Crippen LogP contribution in [0.3, 0.4) is 0 Å². The van der Waals surface area contributed by atoms with Gasteiger partial charge in [-0.1, -0.05) is 18.2 Å². The summed E-state index contributed by atoms with van der Waals surface area (Å²) in [5.41, 5.74) is 1.01. The lowest BCUT2D eigenvalue weighted by molar-refractivity contribution is -0.488. The number of rotatable bonds is 2. The van der Waals surface area contributed by atoms with Gasteiger partial charge in [-0.2, -0.15) is 4.58 Å². The van der Waals surface area contributed by atoms with E-state index in [4.69, 9.17) is 9.47 Å². The zero-order valence-corrected chi connectivity index (χ0v) is 10.2. The highest BCUT2D eigenvalue weighted by atomic mass is 16.7. The molecule has 4 heteroatoms. The molecule has 4 nitrogen and oxygen atoms in total. The van der Waals surface area contributed by atoms with E-state index in [0.29, 0.717) is 0 Å². The van der Waals surface area contributed by atoms with E-state index in [0.717, 1.165) is 5.69 Å². The van der Waals surface area contributed by atoms with Crippen molar-refractivity contribution in [1.82, 2.24) is 0 Å². The van der Waals surface area contributed by atoms with Crippen LogP contribution in [-0.2, 0) is 14.3 Å². The van der Waals surface area contributed by atoms with Gasteiger partial charge in [0.1, 0.15) is 0 Å². The molecule has 0 saturated heterocycles. The second-order valence-electron chi connectivity index (χ2n) is 4.25. The lowest BCUT2D eigenvalue weighted by Crippen LogP contribution is -2.42. The number of hydrogen-bond donors (Lipinski definition) is 0. The van der Waals surface area contributed by atoms with Crippen molar-refractivity contribution in [2.75, 3.05) is 0 Å². The second kappa shape index (κ2) is 4.20. The molecule has 1 heterocycles. The summed E-state index contributed by atoms with van der Waals surface area (Å²) in [4.78, 5) is 11.1. The molecule has 0 amide bonds. The Morgan fingerprint density at radius 2 is 2.06 bits per heavy atom. The first-order valence-corrected chi connectivity index (χ1v) is 5.57. The molecule has 17 heavy (non-hydrogen) atoms. The molecule has 1 aromatic carbocycles. The van der Waals surface area contributed by atoms with E-state index >= 15 is 0 Å². The zero-order valence-electron chi connectivity index (χ0n) is 10.2. The van der Waals surface area contributed by atoms with Crippen molar-refractivity contribution < 1.29 is 18.8 Å². The highest BCUT2D eigenvalue weighted by Gasteiger charge is 2.49. The maximum Gasteiger partial charge on any atom is 0.333 e. The second-order valence-corrected chi connectivity index (χ2v) is 4.25. The minimum atomic E-state index is -0.929. The van der Waals surface area contributed by atoms with Gasteiger partial charge in [-0.15, -0.1) is 0 Å². The summed E-state index contributed by atoms with van der Waals surface area (Å²) >= 11 is 0. The van der Waals surface area contributed by atoms with Gasteiger partial charge in [0.25, 0.3) is 0 Å². The topological polar surface area (TPSA) is 38.5 Å². The largest absolute Gasteiger partial charge is 0.416 e. The Bertz CT molecular complexity index is 455. The molecule has 0 radical (unpaired) electrons. The minimum absolute atomic E-state index is 0.0752. The summed E-state index contributed by atoms with van der Waals surface area (Å²) in [7, 11) is 0. The lowest BCUT2D eigenvalue weighted by Gasteiger charge is -2.23. The van der Waals surface area contributed by atoms with Gasteiger partial charge in [0.2, 0.25) is 11.7 Å². The molecular formula is C13H16NO3+. The number of benzene rings is 1. The molecule has 0 spiro atoms. The van der Waals surface area contributed by atoms with Crippen LogP contribution in [0.2, 0.25) is 0 Å². The summed E-state index contributed by atoms with van der Waals surface area (Å²) < 4.78 is 12.7. The Hall–Kier alpha value is -1.84. The van der Waals surface area contributed by atoms with E-state index in [2.05, 4.69) is 0 Å². The summed E-state index contributed by atoms with van der Waals surface area (Å²) in [6.45, 7) is 5.10. The number of ether oxygens (including phenoxy) is 2. The van der Waals surface area contributed by atoms with Crippen molar-refractivity contribution >= 4 is 18.1 Å². The number of carbonyl (C=O) groups excluding carboxylic acids is 1. The highest BCUT2D eigenvalue weighted by Crippen LogP contribution is 2.29. The van der Waals surface area contributed by atoms with Crippen molar-refractivity contribution in [2.24, 2.45) is 0 Å². The molecule has 0 N–H and O–H groups in total. The third-order valence-corrected chi connectivity index (χ3v) is 2.98. The van der Waals surface area contributed by atoms with E-state index in [1.54, 1.807) is 13.3 Å². The SMILES string of the molecule is CC(=O)OC1(C)OC=[N+](c2ccccc2)C1C. The van der Waals surface area contributed by atoms with E-state index < -0.39 is 5.79 Å². The quantitative estimate of drug-likeness (QED) is 0.580. The smallest absolute Gasteiger partial charge is 0.333 e. The number of esters is 1. The maximum atomic E-state index is 11.1. The summed E-state index contributed by atoms with van der Waals surface area (Å²) in [5.74, 6) is -1.27. The molecule has 0 fully saturated rings. The molecule has 1 aliphatic heterocycles. The fourth-order valence-corrected chi connectivity index (χ4v) is 1.88. The lowest BCUT2D eigenvalue weighted by atomic mass is 10.1. The van der Waals surface area contributed by atoms with Crippen LogP contribution in [0.25, 0.3) is 0 Å². The first-order chi connectivity index (χ1) is 8.03. The van der Waals surface area contributed by atoms with Gasteiger partial charge in [-0.05, 0) is 0 Å². The van der Waals surface area contributed by atoms with Gasteiger partial charge in [0, 0.05) is 32.9 Å². The molecule has 0 aromatic heterocycles. The van der Waals surface area contributed by atoms with E-state index in [9.17, 15) is 4.79 Å². The average molecular weight is 234 g/mol. The molecule has 2 rings (SSSR count). The van der Waals surface area contributed by atoms with Crippen LogP contribution >= 0.6 is 0 Å². The number of nitrogens with zero attached hydrogens (tertiary/aromatic N) is 1. The van der Waals surface area contributed by atoms with Gasteiger partial charge in [-0.25, -0.2) is 0 Å². The maximum absolute atomic E-state index is 11.1. The van der Waals surface area contributed by atoms with Crippen LogP contribution in [0.15, 0.2) is 30.3 Å². The van der Waals surface area contributed by atoms with E-state index in [1.165, 1.54) is 6.92 Å². The van der Waals surface area contributed by atoms with Crippen LogP contribution in [0.5, 0.6) is 0 Å². The first kappa shape index (κ1) is 11.6. The van der Waals surface area contributed by atoms with E-state index in [1.807, 2.05) is 41.8 Å². The van der Waals surface area contributed by atoms with Gasteiger partial charge in [-0.3, -0.25) is 4.79 Å². The van der Waals surface area contributed by atoms with E-state index in [-0.39, 0.29) is 12.0 Å². The van der Waals surface area contributed by atoms with Crippen LogP contribution in [-0.4, -0.2) is 28.8 Å². The molecule has 0 saturated carbocycles. The van der Waals surface area contributed by atoms with Crippen LogP contribution in [0.1, 0.15) is 20.8 Å². The van der Waals surface area contributed by atoms with Crippen LogP contribution in [0, 0.1) is 0 Å². The molecule has 0 aliphatic carbocycles.